The minimum Gasteiger partial charge on any atom is -0.493 e. The molecule has 2 aromatic rings. The van der Waals surface area contributed by atoms with E-state index in [0.29, 0.717) is 35.9 Å². The van der Waals surface area contributed by atoms with Crippen LogP contribution in [0.2, 0.25) is 0 Å². The second-order valence-electron chi connectivity index (χ2n) is 6.84. The molecule has 0 aliphatic rings. The molecule has 0 bridgehead atoms. The summed E-state index contributed by atoms with van der Waals surface area (Å²) in [6, 6.07) is 13.5. The maximum Gasteiger partial charge on any atom is 0.338 e. The van der Waals surface area contributed by atoms with E-state index >= 15 is 0 Å². The van der Waals surface area contributed by atoms with Gasteiger partial charge in [0.1, 0.15) is 5.75 Å². The van der Waals surface area contributed by atoms with Crippen LogP contribution < -0.4 is 10.1 Å². The van der Waals surface area contributed by atoms with E-state index < -0.39 is 5.97 Å². The van der Waals surface area contributed by atoms with E-state index in [1.165, 1.54) is 6.92 Å². The number of benzene rings is 2. The molecule has 0 spiro atoms. The molecule has 0 atom stereocenters. The maximum absolute atomic E-state index is 12.2. The SMILES string of the molecule is CC(=O)NCc1ccc(C(=O)COC(=O)c2cccc(OCC(C)C)c2)cc1. The standard InChI is InChI=1S/C22H25NO5/c1-15(2)13-27-20-6-4-5-19(11-20)22(26)28-14-21(25)18-9-7-17(8-10-18)12-23-16(3)24/h4-11,15H,12-14H2,1-3H3,(H,23,24). The number of carbonyl (C=O) groups is 3. The number of hydrogen-bond donors (Lipinski definition) is 1. The van der Waals surface area contributed by atoms with E-state index in [1.54, 1.807) is 48.5 Å². The number of Topliss-reactive ketones (excluding diaryl/α,β-unsaturated/α-hetero) is 1. The van der Waals surface area contributed by atoms with Gasteiger partial charge in [0.2, 0.25) is 5.91 Å². The van der Waals surface area contributed by atoms with Gasteiger partial charge >= 0.3 is 5.97 Å². The number of amides is 1. The Morgan fingerprint density at radius 2 is 1.71 bits per heavy atom. The molecule has 0 aliphatic heterocycles. The molecule has 0 heterocycles. The van der Waals surface area contributed by atoms with Crippen LogP contribution in [0.15, 0.2) is 48.5 Å². The molecule has 2 aromatic carbocycles. The maximum atomic E-state index is 12.2. The molecule has 2 rings (SSSR count). The molecule has 6 nitrogen and oxygen atoms in total. The summed E-state index contributed by atoms with van der Waals surface area (Å²) in [7, 11) is 0. The largest absolute Gasteiger partial charge is 0.493 e. The molecular formula is C22H25NO5. The molecule has 0 aromatic heterocycles. The number of nitrogens with one attached hydrogen (secondary N) is 1. The third kappa shape index (κ3) is 6.87. The number of ether oxygens (including phenoxy) is 2. The zero-order chi connectivity index (χ0) is 20.5. The van der Waals surface area contributed by atoms with Crippen LogP contribution in [0.25, 0.3) is 0 Å². The second-order valence-corrected chi connectivity index (χ2v) is 6.84. The summed E-state index contributed by atoms with van der Waals surface area (Å²) < 4.78 is 10.7. The molecule has 0 radical (unpaired) electrons. The zero-order valence-corrected chi connectivity index (χ0v) is 16.4. The summed E-state index contributed by atoms with van der Waals surface area (Å²) in [6.07, 6.45) is 0. The first-order valence-electron chi connectivity index (χ1n) is 9.11. The summed E-state index contributed by atoms with van der Waals surface area (Å²) in [5.74, 6) is -0.0369. The van der Waals surface area contributed by atoms with Crippen LogP contribution in [0.5, 0.6) is 5.75 Å². The zero-order valence-electron chi connectivity index (χ0n) is 16.4. The lowest BCUT2D eigenvalue weighted by Gasteiger charge is -2.10. The summed E-state index contributed by atoms with van der Waals surface area (Å²) in [4.78, 5) is 35.4. The van der Waals surface area contributed by atoms with Crippen molar-refractivity contribution in [2.24, 2.45) is 5.92 Å². The van der Waals surface area contributed by atoms with E-state index in [-0.39, 0.29) is 18.3 Å². The van der Waals surface area contributed by atoms with Crippen LogP contribution in [-0.2, 0) is 16.1 Å². The van der Waals surface area contributed by atoms with Gasteiger partial charge in [-0.25, -0.2) is 4.79 Å². The van der Waals surface area contributed by atoms with Crippen LogP contribution in [0.3, 0.4) is 0 Å². The fourth-order valence-corrected chi connectivity index (χ4v) is 2.31. The highest BCUT2D eigenvalue weighted by Gasteiger charge is 2.13. The minimum absolute atomic E-state index is 0.120. The number of rotatable bonds is 9. The molecule has 0 saturated carbocycles. The van der Waals surface area contributed by atoms with Crippen molar-refractivity contribution in [3.8, 4) is 5.75 Å². The number of hydrogen-bond acceptors (Lipinski definition) is 5. The van der Waals surface area contributed by atoms with Crippen molar-refractivity contribution in [3.05, 3.63) is 65.2 Å². The number of carbonyl (C=O) groups excluding carboxylic acids is 3. The van der Waals surface area contributed by atoms with Gasteiger partial charge in [0.05, 0.1) is 12.2 Å². The first kappa shape index (κ1) is 21.2. The van der Waals surface area contributed by atoms with E-state index in [4.69, 9.17) is 9.47 Å². The normalized spacial score (nSPS) is 10.4. The molecule has 6 heteroatoms. The monoisotopic (exact) mass is 383 g/mol. The molecule has 0 fully saturated rings. The van der Waals surface area contributed by atoms with Gasteiger partial charge < -0.3 is 14.8 Å². The van der Waals surface area contributed by atoms with Gasteiger partial charge in [0.25, 0.3) is 0 Å². The Morgan fingerprint density at radius 3 is 2.36 bits per heavy atom. The molecule has 1 N–H and O–H groups in total. The lowest BCUT2D eigenvalue weighted by Crippen LogP contribution is -2.19. The first-order valence-corrected chi connectivity index (χ1v) is 9.11. The van der Waals surface area contributed by atoms with Gasteiger partial charge in [-0.15, -0.1) is 0 Å². The number of esters is 1. The van der Waals surface area contributed by atoms with Crippen LogP contribution in [0, 0.1) is 5.92 Å². The van der Waals surface area contributed by atoms with Crippen molar-refractivity contribution in [2.75, 3.05) is 13.2 Å². The van der Waals surface area contributed by atoms with Crippen molar-refractivity contribution in [3.63, 3.8) is 0 Å². The van der Waals surface area contributed by atoms with Crippen LogP contribution in [-0.4, -0.2) is 30.9 Å². The van der Waals surface area contributed by atoms with Gasteiger partial charge in [-0.05, 0) is 29.7 Å². The van der Waals surface area contributed by atoms with Crippen LogP contribution in [0.4, 0.5) is 0 Å². The van der Waals surface area contributed by atoms with Crippen molar-refractivity contribution in [1.82, 2.24) is 5.32 Å². The highest BCUT2D eigenvalue weighted by Crippen LogP contribution is 2.15. The molecule has 0 aliphatic carbocycles. The second kappa shape index (κ2) is 10.3. The minimum atomic E-state index is -0.578. The summed E-state index contributed by atoms with van der Waals surface area (Å²) in [5, 5.41) is 2.68. The van der Waals surface area contributed by atoms with Gasteiger partial charge in [0, 0.05) is 19.0 Å². The van der Waals surface area contributed by atoms with E-state index in [1.807, 2.05) is 13.8 Å². The molecule has 28 heavy (non-hydrogen) atoms. The third-order valence-electron chi connectivity index (χ3n) is 3.80. The van der Waals surface area contributed by atoms with Gasteiger partial charge in [-0.3, -0.25) is 9.59 Å². The summed E-state index contributed by atoms with van der Waals surface area (Å²) in [6.45, 7) is 6.12. The molecule has 0 unspecified atom stereocenters. The van der Waals surface area contributed by atoms with Gasteiger partial charge in [-0.1, -0.05) is 44.2 Å². The van der Waals surface area contributed by atoms with Crippen molar-refractivity contribution in [1.29, 1.82) is 0 Å². The number of ketones is 1. The smallest absolute Gasteiger partial charge is 0.338 e. The Labute approximate surface area is 164 Å². The lowest BCUT2D eigenvalue weighted by molar-refractivity contribution is -0.119. The Hall–Kier alpha value is -3.15. The molecule has 0 saturated heterocycles. The Balaban J connectivity index is 1.89. The summed E-state index contributed by atoms with van der Waals surface area (Å²) in [5.41, 5.74) is 1.65. The lowest BCUT2D eigenvalue weighted by atomic mass is 10.1. The summed E-state index contributed by atoms with van der Waals surface area (Å²) >= 11 is 0. The highest BCUT2D eigenvalue weighted by molar-refractivity contribution is 5.99. The topological polar surface area (TPSA) is 81.7 Å². The average molecular weight is 383 g/mol. The Morgan fingerprint density at radius 1 is 1.00 bits per heavy atom. The van der Waals surface area contributed by atoms with Crippen molar-refractivity contribution in [2.45, 2.75) is 27.3 Å². The molecule has 1 amide bonds. The molecule has 148 valence electrons. The third-order valence-corrected chi connectivity index (χ3v) is 3.80. The van der Waals surface area contributed by atoms with Gasteiger partial charge in [0.15, 0.2) is 12.4 Å². The Bertz CT molecular complexity index is 827. The quantitative estimate of drug-likeness (QED) is 0.530. The predicted octanol–water partition coefficient (Wildman–Crippen LogP) is 3.40. The highest BCUT2D eigenvalue weighted by atomic mass is 16.5. The van der Waals surface area contributed by atoms with Gasteiger partial charge in [-0.2, -0.15) is 0 Å². The molecular weight excluding hydrogens is 358 g/mol. The van der Waals surface area contributed by atoms with Crippen molar-refractivity contribution < 1.29 is 23.9 Å². The van der Waals surface area contributed by atoms with E-state index in [2.05, 4.69) is 5.32 Å². The Kier molecular flexibility index (Phi) is 7.75. The van der Waals surface area contributed by atoms with Crippen molar-refractivity contribution >= 4 is 17.7 Å². The van der Waals surface area contributed by atoms with Crippen LogP contribution in [0.1, 0.15) is 47.1 Å². The average Bonchev–Trinajstić information content (AvgIpc) is 2.69. The van der Waals surface area contributed by atoms with E-state index in [9.17, 15) is 14.4 Å². The fraction of sp³-hybridized carbons (Fsp3) is 0.318. The fourth-order valence-electron chi connectivity index (χ4n) is 2.31. The van der Waals surface area contributed by atoms with E-state index in [0.717, 1.165) is 5.56 Å². The predicted molar refractivity (Wildman–Crippen MR) is 105 cm³/mol. The first-order chi connectivity index (χ1) is 13.3. The van der Waals surface area contributed by atoms with Crippen LogP contribution >= 0.6 is 0 Å².